The number of alkyl halides is 2. The van der Waals surface area contributed by atoms with E-state index in [4.69, 9.17) is 0 Å². The Bertz CT molecular complexity index is 1150. The van der Waals surface area contributed by atoms with Gasteiger partial charge in [0.15, 0.2) is 5.82 Å². The third-order valence-corrected chi connectivity index (χ3v) is 6.48. The quantitative estimate of drug-likeness (QED) is 0.638. The largest absolute Gasteiger partial charge is 0.294 e. The van der Waals surface area contributed by atoms with E-state index in [2.05, 4.69) is 21.1 Å². The van der Waals surface area contributed by atoms with E-state index in [1.807, 2.05) is 0 Å². The van der Waals surface area contributed by atoms with Crippen molar-refractivity contribution in [2.24, 2.45) is 11.3 Å². The summed E-state index contributed by atoms with van der Waals surface area (Å²) in [5.74, 6) is 0.400. The summed E-state index contributed by atoms with van der Waals surface area (Å²) in [4.78, 5) is 23.8. The Kier molecular flexibility index (Phi) is 4.10. The number of nitriles is 1. The second-order valence-electron chi connectivity index (χ2n) is 7.44. The number of pyridine rings is 1. The van der Waals surface area contributed by atoms with Gasteiger partial charge in [-0.25, -0.2) is 18.7 Å². The van der Waals surface area contributed by atoms with Gasteiger partial charge in [0.05, 0.1) is 33.7 Å². The lowest BCUT2D eigenvalue weighted by atomic mass is 9.83. The van der Waals surface area contributed by atoms with Crippen molar-refractivity contribution in [3.63, 3.8) is 0 Å². The van der Waals surface area contributed by atoms with Gasteiger partial charge in [-0.1, -0.05) is 0 Å². The zero-order valence-electron chi connectivity index (χ0n) is 15.3. The molecule has 1 saturated heterocycles. The molecule has 29 heavy (non-hydrogen) atoms. The zero-order chi connectivity index (χ0) is 20.2. The monoisotopic (exact) mass is 414 g/mol. The van der Waals surface area contributed by atoms with Gasteiger partial charge < -0.3 is 0 Å². The Morgan fingerprint density at radius 3 is 2.97 bits per heavy atom. The summed E-state index contributed by atoms with van der Waals surface area (Å²) in [5.41, 5.74) is 2.47. The number of amides is 1. The Morgan fingerprint density at radius 2 is 2.24 bits per heavy atom. The average molecular weight is 414 g/mol. The van der Waals surface area contributed by atoms with Crippen LogP contribution in [0.3, 0.4) is 0 Å². The summed E-state index contributed by atoms with van der Waals surface area (Å²) in [6, 6.07) is 4.04. The highest BCUT2D eigenvalue weighted by molar-refractivity contribution is 7.17. The van der Waals surface area contributed by atoms with Crippen LogP contribution < -0.4 is 4.90 Å². The number of halogens is 2. The van der Waals surface area contributed by atoms with Crippen molar-refractivity contribution in [2.75, 3.05) is 11.4 Å². The highest BCUT2D eigenvalue weighted by atomic mass is 32.1. The minimum Gasteiger partial charge on any atom is -0.294 e. The van der Waals surface area contributed by atoms with E-state index in [-0.39, 0.29) is 11.8 Å². The molecule has 0 N–H and O–H groups in total. The number of aromatic nitrogens is 4. The molecule has 0 radical (unpaired) electrons. The van der Waals surface area contributed by atoms with Gasteiger partial charge in [0.1, 0.15) is 12.0 Å². The van der Waals surface area contributed by atoms with E-state index in [1.165, 1.54) is 28.4 Å². The van der Waals surface area contributed by atoms with Crippen molar-refractivity contribution in [3.05, 3.63) is 24.0 Å². The molecule has 4 heterocycles. The molecule has 10 heteroatoms. The van der Waals surface area contributed by atoms with Gasteiger partial charge in [-0.05, 0) is 31.2 Å². The van der Waals surface area contributed by atoms with Crippen LogP contribution in [0.4, 0.5) is 14.6 Å². The van der Waals surface area contributed by atoms with Gasteiger partial charge >= 0.3 is 0 Å². The van der Waals surface area contributed by atoms with Gasteiger partial charge in [-0.15, -0.1) is 11.3 Å². The van der Waals surface area contributed by atoms with E-state index in [1.54, 1.807) is 16.5 Å². The molecule has 3 aromatic heterocycles. The number of nitrogens with zero attached hydrogens (tertiary/aromatic N) is 6. The van der Waals surface area contributed by atoms with Crippen LogP contribution in [0.5, 0.6) is 0 Å². The maximum atomic E-state index is 13.2. The standard InChI is InChI=1S/C19H16F2N6OS/c20-15(21)8-26-7-11(6-24-26)13-5-14-16(29-10-23-14)17(25-13)27-4-3-19(9-22,18(27)28)12-1-2-12/h5-7,10,12,15H,1-4,8H2/t19-/m1/s1. The molecule has 0 unspecified atom stereocenters. The molecule has 1 aliphatic heterocycles. The van der Waals surface area contributed by atoms with E-state index < -0.39 is 18.4 Å². The number of hydrogen-bond donors (Lipinski definition) is 0. The second kappa shape index (κ2) is 6.56. The molecular formula is C19H16F2N6OS. The third kappa shape index (κ3) is 2.88. The first-order valence-electron chi connectivity index (χ1n) is 9.30. The van der Waals surface area contributed by atoms with Crippen LogP contribution in [0.2, 0.25) is 0 Å². The molecule has 2 fully saturated rings. The van der Waals surface area contributed by atoms with Crippen LogP contribution in [0.1, 0.15) is 19.3 Å². The van der Waals surface area contributed by atoms with Crippen LogP contribution in [-0.2, 0) is 11.3 Å². The number of hydrogen-bond acceptors (Lipinski definition) is 6. The van der Waals surface area contributed by atoms with E-state index in [0.29, 0.717) is 35.6 Å². The summed E-state index contributed by atoms with van der Waals surface area (Å²) in [7, 11) is 0. The van der Waals surface area contributed by atoms with Crippen molar-refractivity contribution in [3.8, 4) is 17.3 Å². The molecule has 1 amide bonds. The van der Waals surface area contributed by atoms with Crippen LogP contribution in [0.25, 0.3) is 21.5 Å². The van der Waals surface area contributed by atoms with Crippen molar-refractivity contribution >= 4 is 33.3 Å². The predicted molar refractivity (Wildman–Crippen MR) is 102 cm³/mol. The molecule has 1 atom stereocenters. The Balaban J connectivity index is 1.56. The van der Waals surface area contributed by atoms with Gasteiger partial charge in [0.2, 0.25) is 5.91 Å². The van der Waals surface area contributed by atoms with Crippen molar-refractivity contribution in [1.82, 2.24) is 19.7 Å². The predicted octanol–water partition coefficient (Wildman–Crippen LogP) is 3.48. The number of fused-ring (bicyclic) bond motifs is 1. The normalized spacial score (nSPS) is 22.0. The second-order valence-corrected chi connectivity index (χ2v) is 8.29. The molecule has 1 saturated carbocycles. The summed E-state index contributed by atoms with van der Waals surface area (Å²) in [6.07, 6.45) is 2.77. The molecular weight excluding hydrogens is 398 g/mol. The summed E-state index contributed by atoms with van der Waals surface area (Å²) in [6.45, 7) is -0.0700. The first-order valence-corrected chi connectivity index (χ1v) is 10.2. The lowest BCUT2D eigenvalue weighted by molar-refractivity contribution is -0.123. The van der Waals surface area contributed by atoms with E-state index in [9.17, 15) is 18.8 Å². The van der Waals surface area contributed by atoms with Crippen molar-refractivity contribution in [1.29, 1.82) is 5.26 Å². The minimum absolute atomic E-state index is 0.123. The Hall–Kier alpha value is -2.93. The van der Waals surface area contributed by atoms with Gasteiger partial charge in [-0.2, -0.15) is 10.4 Å². The first kappa shape index (κ1) is 18.1. The smallest absolute Gasteiger partial charge is 0.257 e. The molecule has 3 aromatic rings. The summed E-state index contributed by atoms with van der Waals surface area (Å²) >= 11 is 1.38. The average Bonchev–Trinajstić information content (AvgIpc) is 3.12. The third-order valence-electron chi connectivity index (χ3n) is 5.64. The highest BCUT2D eigenvalue weighted by Gasteiger charge is 2.57. The maximum Gasteiger partial charge on any atom is 0.257 e. The molecule has 2 aliphatic rings. The number of carbonyl (C=O) groups is 1. The van der Waals surface area contributed by atoms with E-state index in [0.717, 1.165) is 17.5 Å². The lowest BCUT2D eigenvalue weighted by Gasteiger charge is -2.21. The van der Waals surface area contributed by atoms with Gasteiger partial charge in [-0.3, -0.25) is 14.4 Å². The molecule has 0 aromatic carbocycles. The first-order chi connectivity index (χ1) is 14.0. The van der Waals surface area contributed by atoms with Crippen molar-refractivity contribution < 1.29 is 13.6 Å². The lowest BCUT2D eigenvalue weighted by Crippen LogP contribution is -2.35. The molecule has 0 spiro atoms. The zero-order valence-corrected chi connectivity index (χ0v) is 16.1. The minimum atomic E-state index is -2.50. The van der Waals surface area contributed by atoms with E-state index >= 15 is 0 Å². The molecule has 1 aliphatic carbocycles. The summed E-state index contributed by atoms with van der Waals surface area (Å²) in [5, 5.41) is 13.7. The summed E-state index contributed by atoms with van der Waals surface area (Å²) < 4.78 is 27.2. The van der Waals surface area contributed by atoms with Crippen LogP contribution in [-0.4, -0.2) is 38.6 Å². The van der Waals surface area contributed by atoms with Crippen LogP contribution in [0, 0.1) is 22.7 Å². The fraction of sp³-hybridized carbons (Fsp3) is 0.421. The Morgan fingerprint density at radius 1 is 1.41 bits per heavy atom. The maximum absolute atomic E-state index is 13.2. The van der Waals surface area contributed by atoms with Crippen molar-refractivity contribution in [2.45, 2.75) is 32.2 Å². The van der Waals surface area contributed by atoms with Crippen LogP contribution >= 0.6 is 11.3 Å². The highest BCUT2D eigenvalue weighted by Crippen LogP contribution is 2.52. The van der Waals surface area contributed by atoms with Crippen LogP contribution in [0.15, 0.2) is 24.0 Å². The molecule has 148 valence electrons. The topological polar surface area (TPSA) is 87.7 Å². The molecule has 7 nitrogen and oxygen atoms in total. The number of anilines is 1. The SMILES string of the molecule is N#C[C@@]1(C2CC2)CCN(c2nc(-c3cnn(CC(F)F)c3)cc3ncsc23)C1=O. The molecule has 0 bridgehead atoms. The van der Waals surface area contributed by atoms with Gasteiger partial charge in [0.25, 0.3) is 6.43 Å². The Labute approximate surface area is 168 Å². The number of thiazole rings is 1. The fourth-order valence-electron chi connectivity index (χ4n) is 4.01. The number of rotatable bonds is 5. The molecule has 5 rings (SSSR count). The fourth-order valence-corrected chi connectivity index (χ4v) is 4.77. The number of carbonyl (C=O) groups excluding carboxylic acids is 1. The van der Waals surface area contributed by atoms with Gasteiger partial charge in [0, 0.05) is 18.3 Å².